The number of nitrogens with one attached hydrogen (secondary N) is 1. The second-order valence-electron chi connectivity index (χ2n) is 4.93. The van der Waals surface area contributed by atoms with Crippen LogP contribution in [0, 0.1) is 0 Å². The van der Waals surface area contributed by atoms with E-state index in [0.29, 0.717) is 31.8 Å². The fraction of sp³-hybridized carbons (Fsp3) is 0.176. The highest BCUT2D eigenvalue weighted by atomic mass is 79.9. The zero-order valence-electron chi connectivity index (χ0n) is 14.0. The molecule has 0 bridgehead atoms. The smallest absolute Gasteiger partial charge is 0.277 e. The highest BCUT2D eigenvalue weighted by Crippen LogP contribution is 2.37. The lowest BCUT2D eigenvalue weighted by molar-refractivity contribution is -0.123. The quantitative estimate of drug-likeness (QED) is 0.461. The van der Waals surface area contributed by atoms with Gasteiger partial charge in [0.25, 0.3) is 5.91 Å². The van der Waals surface area contributed by atoms with Crippen molar-refractivity contribution >= 4 is 44.0 Å². The van der Waals surface area contributed by atoms with Gasteiger partial charge in [-0.15, -0.1) is 0 Å². The van der Waals surface area contributed by atoms with Crippen LogP contribution in [0.25, 0.3) is 0 Å². The molecular formula is C17H16Br2N2O5. The van der Waals surface area contributed by atoms with E-state index in [1.54, 1.807) is 31.4 Å². The molecule has 7 nitrogen and oxygen atoms in total. The van der Waals surface area contributed by atoms with Crippen LogP contribution >= 0.6 is 31.9 Å². The third-order valence-electron chi connectivity index (χ3n) is 3.19. The zero-order valence-corrected chi connectivity index (χ0v) is 17.1. The Labute approximate surface area is 167 Å². The highest BCUT2D eigenvalue weighted by molar-refractivity contribution is 9.11. The first-order valence-corrected chi connectivity index (χ1v) is 8.88. The number of phenolic OH excluding ortho intramolecular Hbond substituents is 1. The summed E-state index contributed by atoms with van der Waals surface area (Å²) in [7, 11) is 3.06. The first-order chi connectivity index (χ1) is 12.4. The second kappa shape index (κ2) is 9.44. The van der Waals surface area contributed by atoms with Crippen molar-refractivity contribution in [1.29, 1.82) is 0 Å². The maximum Gasteiger partial charge on any atom is 0.277 e. The van der Waals surface area contributed by atoms with Crippen molar-refractivity contribution in [3.8, 4) is 23.0 Å². The predicted molar refractivity (Wildman–Crippen MR) is 104 cm³/mol. The molecule has 0 radical (unpaired) electrons. The average Bonchev–Trinajstić information content (AvgIpc) is 2.62. The first kappa shape index (κ1) is 20.1. The van der Waals surface area contributed by atoms with Crippen LogP contribution in [-0.4, -0.2) is 38.1 Å². The summed E-state index contributed by atoms with van der Waals surface area (Å²) in [4.78, 5) is 11.8. The number of phenols is 1. The maximum atomic E-state index is 11.8. The van der Waals surface area contributed by atoms with Gasteiger partial charge in [-0.1, -0.05) is 0 Å². The van der Waals surface area contributed by atoms with Crippen molar-refractivity contribution in [3.05, 3.63) is 44.8 Å². The molecular weight excluding hydrogens is 472 g/mol. The van der Waals surface area contributed by atoms with Crippen molar-refractivity contribution in [3.63, 3.8) is 0 Å². The van der Waals surface area contributed by atoms with E-state index in [1.165, 1.54) is 19.4 Å². The topological polar surface area (TPSA) is 89.4 Å². The Hall–Kier alpha value is -2.26. The van der Waals surface area contributed by atoms with Crippen LogP contribution in [0.15, 0.2) is 44.4 Å². The number of hydrogen-bond donors (Lipinski definition) is 2. The van der Waals surface area contributed by atoms with Crippen molar-refractivity contribution in [2.24, 2.45) is 5.10 Å². The standard InChI is InChI=1S/C17H16Br2N2O5/c1-24-11-4-3-10(15(22)7-11)8-20-21-16(23)9-26-17-13(18)5-12(25-2)6-14(17)19/h3-8,22H,9H2,1-2H3,(H,21,23). The van der Waals surface area contributed by atoms with E-state index in [1.807, 2.05) is 0 Å². The number of hydrazone groups is 1. The zero-order chi connectivity index (χ0) is 19.1. The van der Waals surface area contributed by atoms with Crippen molar-refractivity contribution < 1.29 is 24.1 Å². The Bertz CT molecular complexity index is 804. The van der Waals surface area contributed by atoms with Crippen molar-refractivity contribution in [2.45, 2.75) is 0 Å². The van der Waals surface area contributed by atoms with Crippen LogP contribution in [0.5, 0.6) is 23.0 Å². The molecule has 0 unspecified atom stereocenters. The number of aromatic hydroxyl groups is 1. The van der Waals surface area contributed by atoms with Gasteiger partial charge >= 0.3 is 0 Å². The van der Waals surface area contributed by atoms with E-state index in [-0.39, 0.29) is 12.4 Å². The molecule has 0 saturated carbocycles. The number of amides is 1. The number of carbonyl (C=O) groups excluding carboxylic acids is 1. The predicted octanol–water partition coefficient (Wildman–Crippen LogP) is 3.46. The van der Waals surface area contributed by atoms with Crippen LogP contribution in [-0.2, 0) is 4.79 Å². The molecule has 1 amide bonds. The molecule has 9 heteroatoms. The van der Waals surface area contributed by atoms with E-state index in [2.05, 4.69) is 42.4 Å². The average molecular weight is 488 g/mol. The maximum absolute atomic E-state index is 11.8. The lowest BCUT2D eigenvalue weighted by atomic mass is 10.2. The van der Waals surface area contributed by atoms with E-state index >= 15 is 0 Å². The molecule has 0 spiro atoms. The van der Waals surface area contributed by atoms with Gasteiger partial charge in [0.2, 0.25) is 0 Å². The molecule has 2 aromatic rings. The van der Waals surface area contributed by atoms with Crippen molar-refractivity contribution in [1.82, 2.24) is 5.43 Å². The van der Waals surface area contributed by atoms with Crippen LogP contribution < -0.4 is 19.6 Å². The van der Waals surface area contributed by atoms with E-state index < -0.39 is 5.91 Å². The molecule has 2 N–H and O–H groups in total. The van der Waals surface area contributed by atoms with Gasteiger partial charge in [0.1, 0.15) is 23.0 Å². The van der Waals surface area contributed by atoms with Gasteiger partial charge in [-0.05, 0) is 56.1 Å². The van der Waals surface area contributed by atoms with Gasteiger partial charge in [0.15, 0.2) is 6.61 Å². The minimum atomic E-state index is -0.455. The Balaban J connectivity index is 1.92. The van der Waals surface area contributed by atoms with Gasteiger partial charge in [-0.2, -0.15) is 5.10 Å². The lowest BCUT2D eigenvalue weighted by Gasteiger charge is -2.11. The van der Waals surface area contributed by atoms with Crippen LogP contribution in [0.4, 0.5) is 0 Å². The number of benzene rings is 2. The fourth-order valence-electron chi connectivity index (χ4n) is 1.90. The van der Waals surface area contributed by atoms with E-state index in [0.717, 1.165) is 0 Å². The van der Waals surface area contributed by atoms with Crippen LogP contribution in [0.1, 0.15) is 5.56 Å². The summed E-state index contributed by atoms with van der Waals surface area (Å²) < 4.78 is 16.9. The van der Waals surface area contributed by atoms with Crippen LogP contribution in [0.2, 0.25) is 0 Å². The normalized spacial score (nSPS) is 10.6. The summed E-state index contributed by atoms with van der Waals surface area (Å²) in [5.41, 5.74) is 2.76. The van der Waals surface area contributed by atoms with Gasteiger partial charge < -0.3 is 19.3 Å². The summed E-state index contributed by atoms with van der Waals surface area (Å²) in [6.45, 7) is -0.241. The molecule has 0 aliphatic carbocycles. The molecule has 0 saturated heterocycles. The minimum Gasteiger partial charge on any atom is -0.507 e. The third-order valence-corrected chi connectivity index (χ3v) is 4.36. The monoisotopic (exact) mass is 486 g/mol. The molecule has 0 aliphatic rings. The van der Waals surface area contributed by atoms with Gasteiger partial charge in [0, 0.05) is 11.6 Å². The molecule has 0 fully saturated rings. The van der Waals surface area contributed by atoms with Gasteiger partial charge in [0.05, 0.1) is 29.4 Å². The van der Waals surface area contributed by atoms with Gasteiger partial charge in [-0.3, -0.25) is 4.79 Å². The van der Waals surface area contributed by atoms with E-state index in [9.17, 15) is 9.90 Å². The largest absolute Gasteiger partial charge is 0.507 e. The molecule has 0 atom stereocenters. The first-order valence-electron chi connectivity index (χ1n) is 7.29. The summed E-state index contributed by atoms with van der Waals surface area (Å²) >= 11 is 6.71. The number of nitrogens with zero attached hydrogens (tertiary/aromatic N) is 1. The Morgan fingerprint density at radius 3 is 2.38 bits per heavy atom. The summed E-state index contributed by atoms with van der Waals surface area (Å²) in [6, 6.07) is 8.19. The third kappa shape index (κ3) is 5.37. The molecule has 0 aromatic heterocycles. The van der Waals surface area contributed by atoms with Crippen molar-refractivity contribution in [2.75, 3.05) is 20.8 Å². The number of methoxy groups -OCH3 is 2. The lowest BCUT2D eigenvalue weighted by Crippen LogP contribution is -2.24. The highest BCUT2D eigenvalue weighted by Gasteiger charge is 2.11. The Kier molecular flexibility index (Phi) is 7.28. The Morgan fingerprint density at radius 1 is 1.15 bits per heavy atom. The molecule has 0 aliphatic heterocycles. The number of hydrogen-bond acceptors (Lipinski definition) is 6. The van der Waals surface area contributed by atoms with Gasteiger partial charge in [-0.25, -0.2) is 5.43 Å². The summed E-state index contributed by atoms with van der Waals surface area (Å²) in [6.07, 6.45) is 1.33. The number of rotatable bonds is 7. The Morgan fingerprint density at radius 2 is 1.81 bits per heavy atom. The second-order valence-corrected chi connectivity index (χ2v) is 6.64. The molecule has 0 heterocycles. The van der Waals surface area contributed by atoms with E-state index in [4.69, 9.17) is 14.2 Å². The summed E-state index contributed by atoms with van der Waals surface area (Å²) in [5, 5.41) is 13.6. The van der Waals surface area contributed by atoms with Crippen LogP contribution in [0.3, 0.4) is 0 Å². The number of ether oxygens (including phenoxy) is 3. The number of halogens is 2. The molecule has 2 rings (SSSR count). The number of carbonyl (C=O) groups is 1. The molecule has 26 heavy (non-hydrogen) atoms. The molecule has 2 aromatic carbocycles. The minimum absolute atomic E-state index is 0.00954. The SMILES string of the molecule is COc1ccc(C=NNC(=O)COc2c(Br)cc(OC)cc2Br)c(O)c1. The summed E-state index contributed by atoms with van der Waals surface area (Å²) in [5.74, 6) is 1.17. The fourth-order valence-corrected chi connectivity index (χ4v) is 3.27. The molecule has 138 valence electrons.